The molecule has 34 heavy (non-hydrogen) atoms. The summed E-state index contributed by atoms with van der Waals surface area (Å²) in [6.45, 7) is 1.84. The van der Waals surface area contributed by atoms with Gasteiger partial charge in [-0.3, -0.25) is 9.59 Å². The van der Waals surface area contributed by atoms with E-state index in [0.29, 0.717) is 28.3 Å². The summed E-state index contributed by atoms with van der Waals surface area (Å²) in [5, 5.41) is 4.85. The number of alkyl halides is 3. The van der Waals surface area contributed by atoms with Gasteiger partial charge < -0.3 is 20.1 Å². The predicted octanol–water partition coefficient (Wildman–Crippen LogP) is 4.56. The molecule has 2 N–H and O–H groups in total. The first-order chi connectivity index (χ1) is 16.1. The average Bonchev–Trinajstić information content (AvgIpc) is 3.15. The van der Waals surface area contributed by atoms with E-state index in [0.717, 1.165) is 29.7 Å². The molecule has 1 atom stereocenters. The van der Waals surface area contributed by atoms with E-state index in [1.807, 2.05) is 5.32 Å². The van der Waals surface area contributed by atoms with Crippen LogP contribution < -0.4 is 15.4 Å². The summed E-state index contributed by atoms with van der Waals surface area (Å²) in [4.78, 5) is 38.1. The van der Waals surface area contributed by atoms with E-state index in [1.54, 1.807) is 6.92 Å². The number of aryl methyl sites for hydroxylation is 1. The number of carbonyl (C=O) groups excluding carboxylic acids is 3. The highest BCUT2D eigenvalue weighted by Gasteiger charge is 2.40. The number of carbonyl (C=O) groups is 3. The van der Waals surface area contributed by atoms with Gasteiger partial charge >= 0.3 is 18.1 Å². The fraction of sp³-hybridized carbons (Fsp3) is 0.435. The number of thiophene rings is 1. The van der Waals surface area contributed by atoms with Gasteiger partial charge in [-0.05, 0) is 55.9 Å². The molecular formula is C23H25F3N2O5S. The Labute approximate surface area is 198 Å². The fourth-order valence-electron chi connectivity index (χ4n) is 3.76. The third-order valence-electron chi connectivity index (χ3n) is 5.37. The number of benzene rings is 1. The van der Waals surface area contributed by atoms with Crippen molar-refractivity contribution >= 4 is 34.1 Å². The maximum Gasteiger partial charge on any atom is 0.471 e. The molecule has 0 spiro atoms. The highest BCUT2D eigenvalue weighted by Crippen LogP contribution is 2.39. The van der Waals surface area contributed by atoms with Crippen molar-refractivity contribution in [1.29, 1.82) is 0 Å². The molecule has 1 heterocycles. The lowest BCUT2D eigenvalue weighted by molar-refractivity contribution is -0.174. The van der Waals surface area contributed by atoms with Crippen LogP contribution in [0, 0.1) is 0 Å². The minimum atomic E-state index is -5.11. The van der Waals surface area contributed by atoms with E-state index >= 15 is 0 Å². The molecule has 1 aromatic carbocycles. The van der Waals surface area contributed by atoms with Crippen LogP contribution >= 0.6 is 11.3 Å². The van der Waals surface area contributed by atoms with Crippen LogP contribution in [-0.2, 0) is 27.2 Å². The lowest BCUT2D eigenvalue weighted by atomic mass is 9.95. The van der Waals surface area contributed by atoms with Gasteiger partial charge in [0, 0.05) is 4.88 Å². The second-order valence-corrected chi connectivity index (χ2v) is 8.79. The number of rotatable bonds is 8. The Kier molecular flexibility index (Phi) is 8.19. The summed E-state index contributed by atoms with van der Waals surface area (Å²) in [7, 11) is 1.44. The van der Waals surface area contributed by atoms with E-state index in [1.165, 1.54) is 42.7 Å². The van der Waals surface area contributed by atoms with Gasteiger partial charge in [0.15, 0.2) is 0 Å². The van der Waals surface area contributed by atoms with Gasteiger partial charge in [-0.25, -0.2) is 4.79 Å². The molecule has 1 aromatic heterocycles. The monoisotopic (exact) mass is 498 g/mol. The van der Waals surface area contributed by atoms with Gasteiger partial charge in [-0.2, -0.15) is 13.2 Å². The van der Waals surface area contributed by atoms with E-state index in [2.05, 4.69) is 5.32 Å². The van der Waals surface area contributed by atoms with Gasteiger partial charge in [0.25, 0.3) is 0 Å². The zero-order valence-corrected chi connectivity index (χ0v) is 19.5. The van der Waals surface area contributed by atoms with Gasteiger partial charge in [0.2, 0.25) is 5.91 Å². The standard InChI is InChI=1S/C23H25F3N2O5S/c1-3-33-21(30)19-15-6-4-5-7-17(15)34-20(19)28-18(29)12-16(27-22(31)23(24,25)26)13-8-10-14(32-2)11-9-13/h8-11,16H,3-7,12H2,1-2H3,(H,27,31)(H,28,29)/t16-/m1/s1. The predicted molar refractivity (Wildman–Crippen MR) is 120 cm³/mol. The second kappa shape index (κ2) is 10.9. The number of fused-ring (bicyclic) bond motifs is 1. The van der Waals surface area contributed by atoms with Crippen molar-refractivity contribution < 1.29 is 37.0 Å². The van der Waals surface area contributed by atoms with Crippen molar-refractivity contribution in [1.82, 2.24) is 5.32 Å². The zero-order chi connectivity index (χ0) is 24.9. The van der Waals surface area contributed by atoms with Crippen LogP contribution in [0.1, 0.15) is 58.6 Å². The van der Waals surface area contributed by atoms with Crippen LogP contribution in [0.5, 0.6) is 5.75 Å². The Hall–Kier alpha value is -3.08. The Morgan fingerprint density at radius 2 is 1.79 bits per heavy atom. The molecule has 2 aromatic rings. The molecule has 0 fully saturated rings. The van der Waals surface area contributed by atoms with Crippen molar-refractivity contribution in [2.75, 3.05) is 19.0 Å². The lowest BCUT2D eigenvalue weighted by Gasteiger charge is -2.20. The minimum absolute atomic E-state index is 0.167. The van der Waals surface area contributed by atoms with E-state index in [4.69, 9.17) is 9.47 Å². The van der Waals surface area contributed by atoms with E-state index in [9.17, 15) is 27.6 Å². The molecule has 1 aliphatic rings. The maximum absolute atomic E-state index is 12.9. The SMILES string of the molecule is CCOC(=O)c1c(NC(=O)C[C@@H](NC(=O)C(F)(F)F)c2ccc(OC)cc2)sc2c1CCCC2. The van der Waals surface area contributed by atoms with Crippen LogP contribution in [0.2, 0.25) is 0 Å². The quantitative estimate of drug-likeness (QED) is 0.521. The molecule has 0 aliphatic heterocycles. The van der Waals surface area contributed by atoms with Gasteiger partial charge in [0.1, 0.15) is 10.8 Å². The summed E-state index contributed by atoms with van der Waals surface area (Å²) in [5.41, 5.74) is 1.45. The topological polar surface area (TPSA) is 93.7 Å². The summed E-state index contributed by atoms with van der Waals surface area (Å²) in [5.74, 6) is -2.88. The van der Waals surface area contributed by atoms with Gasteiger partial charge in [-0.1, -0.05) is 12.1 Å². The highest BCUT2D eigenvalue weighted by molar-refractivity contribution is 7.17. The number of halogens is 3. The first kappa shape index (κ1) is 25.5. The smallest absolute Gasteiger partial charge is 0.471 e. The first-order valence-electron chi connectivity index (χ1n) is 10.8. The number of anilines is 1. The maximum atomic E-state index is 12.9. The number of amides is 2. The first-order valence-corrected chi connectivity index (χ1v) is 11.6. The number of hydrogen-bond donors (Lipinski definition) is 2. The number of ether oxygens (including phenoxy) is 2. The molecule has 11 heteroatoms. The molecule has 0 saturated carbocycles. The van der Waals surface area contributed by atoms with Crippen LogP contribution in [0.4, 0.5) is 18.2 Å². The van der Waals surface area contributed by atoms with Crippen molar-refractivity contribution in [3.05, 3.63) is 45.8 Å². The van der Waals surface area contributed by atoms with Gasteiger partial charge in [-0.15, -0.1) is 11.3 Å². The Morgan fingerprint density at radius 1 is 1.12 bits per heavy atom. The third-order valence-corrected chi connectivity index (χ3v) is 6.58. The molecule has 0 unspecified atom stereocenters. The minimum Gasteiger partial charge on any atom is -0.497 e. The molecule has 2 amide bonds. The largest absolute Gasteiger partial charge is 0.497 e. The summed E-state index contributed by atoms with van der Waals surface area (Å²) in [6, 6.07) is 4.74. The number of esters is 1. The summed E-state index contributed by atoms with van der Waals surface area (Å²) < 4.78 is 48.9. The average molecular weight is 499 g/mol. The lowest BCUT2D eigenvalue weighted by Crippen LogP contribution is -2.40. The van der Waals surface area contributed by atoms with Gasteiger partial charge in [0.05, 0.1) is 31.7 Å². The Bertz CT molecular complexity index is 1050. The third kappa shape index (κ3) is 6.07. The van der Waals surface area contributed by atoms with Crippen LogP contribution in [0.25, 0.3) is 0 Å². The fourth-order valence-corrected chi connectivity index (χ4v) is 5.06. The van der Waals surface area contributed by atoms with Crippen molar-refractivity contribution in [2.45, 2.75) is 51.2 Å². The molecule has 0 saturated heterocycles. The molecule has 3 rings (SSSR count). The Balaban J connectivity index is 1.84. The number of nitrogens with one attached hydrogen (secondary N) is 2. The van der Waals surface area contributed by atoms with Crippen LogP contribution in [0.3, 0.4) is 0 Å². The molecule has 184 valence electrons. The van der Waals surface area contributed by atoms with Crippen molar-refractivity contribution in [3.63, 3.8) is 0 Å². The van der Waals surface area contributed by atoms with Crippen molar-refractivity contribution in [2.24, 2.45) is 0 Å². The Morgan fingerprint density at radius 3 is 2.41 bits per heavy atom. The van der Waals surface area contributed by atoms with Crippen molar-refractivity contribution in [3.8, 4) is 5.75 Å². The van der Waals surface area contributed by atoms with E-state index < -0.39 is 36.4 Å². The molecule has 7 nitrogen and oxygen atoms in total. The zero-order valence-electron chi connectivity index (χ0n) is 18.7. The summed E-state index contributed by atoms with van der Waals surface area (Å²) >= 11 is 1.27. The molecule has 0 bridgehead atoms. The number of methoxy groups -OCH3 is 1. The molecule has 1 aliphatic carbocycles. The normalized spacial score (nSPS) is 14.0. The number of hydrogen-bond acceptors (Lipinski definition) is 6. The highest BCUT2D eigenvalue weighted by atomic mass is 32.1. The summed E-state index contributed by atoms with van der Waals surface area (Å²) in [6.07, 6.45) is -2.24. The molecule has 0 radical (unpaired) electrons. The molecular weight excluding hydrogens is 473 g/mol. The van der Waals surface area contributed by atoms with Crippen LogP contribution in [0.15, 0.2) is 24.3 Å². The van der Waals surface area contributed by atoms with Crippen LogP contribution in [-0.4, -0.2) is 37.7 Å². The van der Waals surface area contributed by atoms with E-state index in [-0.39, 0.29) is 6.61 Å². The second-order valence-electron chi connectivity index (χ2n) is 7.68.